The summed E-state index contributed by atoms with van der Waals surface area (Å²) in [5, 5.41) is 2.25. The summed E-state index contributed by atoms with van der Waals surface area (Å²) < 4.78 is 20.0. The van der Waals surface area contributed by atoms with Crippen molar-refractivity contribution in [3.63, 3.8) is 0 Å². The average molecular weight is 772 g/mol. The highest BCUT2D eigenvalue weighted by Gasteiger charge is 2.39. The minimum absolute atomic E-state index is 0.148. The maximum atomic E-state index is 6.99. The fourth-order valence-electron chi connectivity index (χ4n) is 9.34. The number of hydrogen-bond donors (Lipinski definition) is 0. The molecule has 8 aromatic carbocycles. The first-order valence-corrected chi connectivity index (χ1v) is 20.4. The molecule has 0 saturated heterocycles. The Labute approximate surface area is 348 Å². The summed E-state index contributed by atoms with van der Waals surface area (Å²) in [6.45, 7) is 4.56. The molecule has 4 heteroatoms. The first-order valence-electron chi connectivity index (χ1n) is 20.4. The molecular formula is C56H37NO3. The van der Waals surface area contributed by atoms with Crippen molar-refractivity contribution in [3.05, 3.63) is 199 Å². The van der Waals surface area contributed by atoms with Crippen LogP contribution in [-0.4, -0.2) is 4.98 Å². The quantitative estimate of drug-likeness (QED) is 0.175. The fraction of sp³-hybridized carbons (Fsp3) is 0.0536. The Hall–Kier alpha value is -7.69. The molecule has 12 rings (SSSR count). The molecule has 10 aromatic rings. The van der Waals surface area contributed by atoms with Crippen LogP contribution in [0.3, 0.4) is 0 Å². The second-order valence-electron chi connectivity index (χ2n) is 16.3. The Balaban J connectivity index is 0.935. The predicted octanol–water partition coefficient (Wildman–Crippen LogP) is 15.5. The molecule has 3 heterocycles. The van der Waals surface area contributed by atoms with Gasteiger partial charge in [-0.05, 0) is 75.3 Å². The minimum Gasteiger partial charge on any atom is -0.455 e. The second kappa shape index (κ2) is 13.2. The van der Waals surface area contributed by atoms with Gasteiger partial charge in [-0.25, -0.2) is 4.98 Å². The highest BCUT2D eigenvalue weighted by Crippen LogP contribution is 2.59. The van der Waals surface area contributed by atoms with E-state index in [-0.39, 0.29) is 5.41 Å². The molecule has 0 fully saturated rings. The molecule has 0 spiro atoms. The fourth-order valence-corrected chi connectivity index (χ4v) is 9.34. The SMILES string of the molecule is CC1(C)c2ccccc2-c2c1ccc1c2Oc2c(cccc2-c2cccc(-c3cc(-c4ccccc4)cc(-c4ccc(-c5cccc6c5oc5ccccc56)cc4)n3)c2)O1. The van der Waals surface area contributed by atoms with Gasteiger partial charge >= 0.3 is 0 Å². The van der Waals surface area contributed by atoms with Crippen molar-refractivity contribution < 1.29 is 13.9 Å². The van der Waals surface area contributed by atoms with Crippen LogP contribution in [0.4, 0.5) is 0 Å². The van der Waals surface area contributed by atoms with Crippen LogP contribution in [0.5, 0.6) is 23.0 Å². The van der Waals surface area contributed by atoms with Crippen LogP contribution in [0.2, 0.25) is 0 Å². The van der Waals surface area contributed by atoms with Crippen molar-refractivity contribution in [1.29, 1.82) is 0 Å². The van der Waals surface area contributed by atoms with Crippen molar-refractivity contribution in [1.82, 2.24) is 4.98 Å². The monoisotopic (exact) mass is 771 g/mol. The molecule has 1 aliphatic carbocycles. The number of pyridine rings is 1. The lowest BCUT2D eigenvalue weighted by atomic mass is 9.82. The van der Waals surface area contributed by atoms with Gasteiger partial charge in [0.1, 0.15) is 11.2 Å². The van der Waals surface area contributed by atoms with Crippen LogP contribution >= 0.6 is 0 Å². The normalized spacial score (nSPS) is 13.2. The molecule has 0 radical (unpaired) electrons. The minimum atomic E-state index is -0.148. The number of benzene rings is 8. The van der Waals surface area contributed by atoms with Crippen molar-refractivity contribution >= 4 is 21.9 Å². The van der Waals surface area contributed by atoms with E-state index in [0.29, 0.717) is 11.5 Å². The summed E-state index contributed by atoms with van der Waals surface area (Å²) in [5.41, 5.74) is 16.7. The second-order valence-corrected chi connectivity index (χ2v) is 16.3. The molecule has 0 bridgehead atoms. The summed E-state index contributed by atoms with van der Waals surface area (Å²) in [6.07, 6.45) is 0. The van der Waals surface area contributed by atoms with E-state index in [1.807, 2.05) is 24.3 Å². The van der Waals surface area contributed by atoms with Crippen molar-refractivity contribution in [2.75, 3.05) is 0 Å². The van der Waals surface area contributed by atoms with Gasteiger partial charge in [-0.15, -0.1) is 0 Å². The Morgan fingerprint density at radius 3 is 1.93 bits per heavy atom. The maximum Gasteiger partial charge on any atom is 0.178 e. The third kappa shape index (κ3) is 5.34. The highest BCUT2D eigenvalue weighted by atomic mass is 16.6. The topological polar surface area (TPSA) is 44.5 Å². The number of hydrogen-bond acceptors (Lipinski definition) is 4. The third-order valence-electron chi connectivity index (χ3n) is 12.4. The standard InChI is InChI=1S/C56H37NO3/c1-56(2)45-22-8-6-18-44(45)52-46(56)29-30-51-55(52)60-54-41(20-12-24-50(54)58-51)37-15-10-16-38(31-37)48-33-39(34-13-4-3-5-14-34)32-47(57-48)36-27-25-35(26-28-36)40-19-11-21-43-42-17-7-9-23-49(42)59-53(40)43/h3-33H,1-2H3. The van der Waals surface area contributed by atoms with Crippen LogP contribution in [0.1, 0.15) is 25.0 Å². The van der Waals surface area contributed by atoms with E-state index in [2.05, 4.69) is 178 Å². The number of ether oxygens (including phenoxy) is 2. The average Bonchev–Trinajstić information content (AvgIpc) is 3.80. The van der Waals surface area contributed by atoms with Crippen LogP contribution in [0.15, 0.2) is 192 Å². The van der Waals surface area contributed by atoms with Crippen molar-refractivity contribution in [2.45, 2.75) is 19.3 Å². The molecule has 0 amide bonds. The molecule has 1 aliphatic heterocycles. The van der Waals surface area contributed by atoms with E-state index in [9.17, 15) is 0 Å². The lowest BCUT2D eigenvalue weighted by Gasteiger charge is -2.26. The molecule has 0 N–H and O–H groups in total. The Kier molecular flexibility index (Phi) is 7.54. The summed E-state index contributed by atoms with van der Waals surface area (Å²) in [5.74, 6) is 2.91. The van der Waals surface area contributed by atoms with E-state index < -0.39 is 0 Å². The van der Waals surface area contributed by atoms with Gasteiger partial charge in [-0.2, -0.15) is 0 Å². The van der Waals surface area contributed by atoms with Crippen LogP contribution in [0.25, 0.3) is 89.0 Å². The molecule has 4 nitrogen and oxygen atoms in total. The number of aromatic nitrogens is 1. The summed E-state index contributed by atoms with van der Waals surface area (Å²) in [4.78, 5) is 5.33. The van der Waals surface area contributed by atoms with Gasteiger partial charge < -0.3 is 13.9 Å². The van der Waals surface area contributed by atoms with Gasteiger partial charge in [0, 0.05) is 44.0 Å². The molecule has 0 atom stereocenters. The van der Waals surface area contributed by atoms with E-state index in [1.165, 1.54) is 16.7 Å². The lowest BCUT2D eigenvalue weighted by molar-refractivity contribution is 0.361. The number of fused-ring (bicyclic) bond motifs is 9. The zero-order valence-electron chi connectivity index (χ0n) is 33.1. The Morgan fingerprint density at radius 2 is 1.05 bits per heavy atom. The zero-order valence-corrected chi connectivity index (χ0v) is 33.1. The molecule has 0 saturated carbocycles. The zero-order chi connectivity index (χ0) is 40.0. The first-order chi connectivity index (χ1) is 29.5. The van der Waals surface area contributed by atoms with E-state index in [1.54, 1.807) is 0 Å². The van der Waals surface area contributed by atoms with Crippen molar-refractivity contribution in [2.24, 2.45) is 0 Å². The molecule has 60 heavy (non-hydrogen) atoms. The van der Waals surface area contributed by atoms with Crippen molar-refractivity contribution in [3.8, 4) is 90.0 Å². The Bertz CT molecular complexity index is 3340. The van der Waals surface area contributed by atoms with Gasteiger partial charge in [-0.1, -0.05) is 166 Å². The molecule has 0 unspecified atom stereocenters. The predicted molar refractivity (Wildman–Crippen MR) is 243 cm³/mol. The van der Waals surface area contributed by atoms with Crippen LogP contribution in [-0.2, 0) is 5.41 Å². The number of nitrogens with zero attached hydrogens (tertiary/aromatic N) is 1. The van der Waals surface area contributed by atoms with E-state index >= 15 is 0 Å². The maximum absolute atomic E-state index is 6.99. The van der Waals surface area contributed by atoms with Gasteiger partial charge in [-0.3, -0.25) is 0 Å². The molecule has 284 valence electrons. The van der Waals surface area contributed by atoms with Crippen LogP contribution in [0, 0.1) is 0 Å². The smallest absolute Gasteiger partial charge is 0.178 e. The van der Waals surface area contributed by atoms with Crippen LogP contribution < -0.4 is 9.47 Å². The largest absolute Gasteiger partial charge is 0.455 e. The summed E-state index contributed by atoms with van der Waals surface area (Å²) >= 11 is 0. The molecular weight excluding hydrogens is 735 g/mol. The number of furan rings is 1. The number of para-hydroxylation sites is 3. The molecule has 2 aliphatic rings. The van der Waals surface area contributed by atoms with Gasteiger partial charge in [0.2, 0.25) is 0 Å². The third-order valence-corrected chi connectivity index (χ3v) is 12.4. The highest BCUT2D eigenvalue weighted by molar-refractivity contribution is 6.09. The lowest BCUT2D eigenvalue weighted by Crippen LogP contribution is -2.15. The summed E-state index contributed by atoms with van der Waals surface area (Å²) in [6, 6.07) is 65.7. The van der Waals surface area contributed by atoms with E-state index in [4.69, 9.17) is 18.9 Å². The van der Waals surface area contributed by atoms with Gasteiger partial charge in [0.25, 0.3) is 0 Å². The summed E-state index contributed by atoms with van der Waals surface area (Å²) in [7, 11) is 0. The molecule has 2 aromatic heterocycles. The first kappa shape index (κ1) is 34.4. The van der Waals surface area contributed by atoms with E-state index in [0.717, 1.165) is 94.9 Å². The Morgan fingerprint density at radius 1 is 0.400 bits per heavy atom. The van der Waals surface area contributed by atoms with Gasteiger partial charge in [0.05, 0.1) is 11.4 Å². The van der Waals surface area contributed by atoms with Gasteiger partial charge in [0.15, 0.2) is 23.0 Å². The number of rotatable bonds is 5.